The summed E-state index contributed by atoms with van der Waals surface area (Å²) < 4.78 is 5.06. The van der Waals surface area contributed by atoms with Crippen LogP contribution in [0.25, 0.3) is 11.3 Å². The zero-order valence-electron chi connectivity index (χ0n) is 16.9. The largest absolute Gasteiger partial charge is 0.483 e. The Morgan fingerprint density at radius 3 is 2.72 bits per heavy atom. The maximum absolute atomic E-state index is 12.3. The van der Waals surface area contributed by atoms with Crippen LogP contribution in [0.3, 0.4) is 0 Å². The van der Waals surface area contributed by atoms with Crippen molar-refractivity contribution in [3.8, 4) is 17.1 Å². The van der Waals surface area contributed by atoms with E-state index in [9.17, 15) is 4.79 Å². The number of aromatic amines is 1. The second-order valence-corrected chi connectivity index (χ2v) is 7.08. The number of likely N-dealkylation sites (tertiary alicyclic amines) is 1. The van der Waals surface area contributed by atoms with E-state index in [0.29, 0.717) is 24.0 Å². The zero-order valence-corrected chi connectivity index (χ0v) is 16.9. The number of rotatable bonds is 7. The summed E-state index contributed by atoms with van der Waals surface area (Å²) in [6, 6.07) is 5.50. The van der Waals surface area contributed by atoms with Gasteiger partial charge < -0.3 is 20.1 Å². The summed E-state index contributed by atoms with van der Waals surface area (Å²) >= 11 is 0. The van der Waals surface area contributed by atoms with Crippen molar-refractivity contribution >= 4 is 18.2 Å². The molecule has 1 aliphatic heterocycles. The number of anilines is 1. The summed E-state index contributed by atoms with van der Waals surface area (Å²) in [6.07, 6.45) is 6.09. The highest BCUT2D eigenvalue weighted by atomic mass is 16.5. The van der Waals surface area contributed by atoms with E-state index in [4.69, 9.17) is 14.6 Å². The predicted octanol–water partition coefficient (Wildman–Crippen LogP) is 2.63. The number of amides is 1. The quantitative estimate of drug-likeness (QED) is 0.608. The fourth-order valence-corrected chi connectivity index (χ4v) is 3.35. The number of nitrogens with one attached hydrogen (secondary N) is 2. The Morgan fingerprint density at radius 2 is 2.10 bits per heavy atom. The molecule has 1 atom stereocenters. The SMILES string of the molecule is COc1ccc(-c2cc(NC(=O)CC(C)CN3CCCCC3)n[nH]2)cn1.O=CO. The number of aromatic nitrogens is 3. The van der Waals surface area contributed by atoms with Crippen LogP contribution in [0.4, 0.5) is 5.82 Å². The van der Waals surface area contributed by atoms with Crippen molar-refractivity contribution in [1.82, 2.24) is 20.1 Å². The summed E-state index contributed by atoms with van der Waals surface area (Å²) in [6.45, 7) is 5.18. The molecule has 0 spiro atoms. The van der Waals surface area contributed by atoms with Gasteiger partial charge in [0.1, 0.15) is 0 Å². The van der Waals surface area contributed by atoms with Crippen LogP contribution in [0.5, 0.6) is 5.88 Å². The molecule has 1 amide bonds. The lowest BCUT2D eigenvalue weighted by atomic mass is 10.0. The molecule has 1 fully saturated rings. The number of piperidine rings is 1. The number of H-pyrrole nitrogens is 1. The molecule has 0 saturated carbocycles. The van der Waals surface area contributed by atoms with Crippen molar-refractivity contribution < 1.29 is 19.4 Å². The smallest absolute Gasteiger partial charge is 0.290 e. The highest BCUT2D eigenvalue weighted by molar-refractivity contribution is 5.90. The van der Waals surface area contributed by atoms with Gasteiger partial charge in [0.25, 0.3) is 6.47 Å². The molecular weight excluding hydrogens is 374 g/mol. The Hall–Kier alpha value is -2.94. The Balaban J connectivity index is 0.000000941. The fourth-order valence-electron chi connectivity index (χ4n) is 3.35. The molecule has 3 rings (SSSR count). The molecule has 0 aromatic carbocycles. The number of hydrogen-bond donors (Lipinski definition) is 3. The summed E-state index contributed by atoms with van der Waals surface area (Å²) in [4.78, 5) is 27.3. The number of pyridine rings is 1. The molecule has 0 aliphatic carbocycles. The van der Waals surface area contributed by atoms with Gasteiger partial charge in [0.05, 0.1) is 12.8 Å². The summed E-state index contributed by atoms with van der Waals surface area (Å²) in [5, 5.41) is 16.9. The maximum Gasteiger partial charge on any atom is 0.290 e. The van der Waals surface area contributed by atoms with E-state index in [0.717, 1.165) is 30.9 Å². The Morgan fingerprint density at radius 1 is 1.38 bits per heavy atom. The molecule has 9 nitrogen and oxygen atoms in total. The van der Waals surface area contributed by atoms with Crippen LogP contribution in [0.1, 0.15) is 32.6 Å². The van der Waals surface area contributed by atoms with E-state index >= 15 is 0 Å². The van der Waals surface area contributed by atoms with Gasteiger partial charge in [0.15, 0.2) is 5.82 Å². The standard InChI is InChI=1S/C19H27N5O2.CH2O2/c1-14(13-24-8-4-3-5-9-24)10-18(25)21-17-11-16(22-23-17)15-6-7-19(26-2)20-12-15;2-1-3/h6-7,11-12,14H,3-5,8-10,13H2,1-2H3,(H2,21,22,23,25);1H,(H,2,3). The normalized spacial score (nSPS) is 15.0. The molecule has 9 heteroatoms. The number of ether oxygens (including phenoxy) is 1. The molecule has 1 unspecified atom stereocenters. The third kappa shape index (κ3) is 7.53. The van der Waals surface area contributed by atoms with Gasteiger partial charge in [-0.2, -0.15) is 5.10 Å². The van der Waals surface area contributed by atoms with Gasteiger partial charge in [-0.05, 0) is 37.9 Å². The number of carboxylic acid groups (broad SMARTS) is 1. The Bertz CT molecular complexity index is 756. The van der Waals surface area contributed by atoms with Crippen molar-refractivity contribution in [2.45, 2.75) is 32.6 Å². The van der Waals surface area contributed by atoms with Crippen LogP contribution in [0.15, 0.2) is 24.4 Å². The lowest BCUT2D eigenvalue weighted by Crippen LogP contribution is -2.34. The van der Waals surface area contributed by atoms with E-state index in [1.165, 1.54) is 19.3 Å². The lowest BCUT2D eigenvalue weighted by molar-refractivity contribution is -0.123. The molecule has 1 saturated heterocycles. The summed E-state index contributed by atoms with van der Waals surface area (Å²) in [5.41, 5.74) is 1.69. The van der Waals surface area contributed by atoms with E-state index in [2.05, 4.69) is 32.3 Å². The van der Waals surface area contributed by atoms with Crippen LogP contribution >= 0.6 is 0 Å². The third-order valence-electron chi connectivity index (χ3n) is 4.65. The molecule has 158 valence electrons. The molecule has 2 aromatic heterocycles. The van der Waals surface area contributed by atoms with Crippen molar-refractivity contribution in [1.29, 1.82) is 0 Å². The first kappa shape index (κ1) is 22.4. The number of carbonyl (C=O) groups excluding carboxylic acids is 1. The molecular formula is C20H29N5O4. The zero-order chi connectivity index (χ0) is 21.1. The number of carbonyl (C=O) groups is 2. The first-order valence-electron chi connectivity index (χ1n) is 9.71. The van der Waals surface area contributed by atoms with Crippen molar-refractivity contribution in [3.05, 3.63) is 24.4 Å². The molecule has 3 heterocycles. The van der Waals surface area contributed by atoms with E-state index < -0.39 is 0 Å². The van der Waals surface area contributed by atoms with E-state index in [-0.39, 0.29) is 12.4 Å². The first-order chi connectivity index (χ1) is 14.0. The Kier molecular flexibility index (Phi) is 9.10. The van der Waals surface area contributed by atoms with Gasteiger partial charge in [-0.15, -0.1) is 0 Å². The fraction of sp³-hybridized carbons (Fsp3) is 0.500. The predicted molar refractivity (Wildman–Crippen MR) is 110 cm³/mol. The molecule has 2 aromatic rings. The number of nitrogens with zero attached hydrogens (tertiary/aromatic N) is 3. The van der Waals surface area contributed by atoms with Gasteiger partial charge in [0, 0.05) is 36.9 Å². The average Bonchev–Trinajstić information content (AvgIpc) is 3.17. The van der Waals surface area contributed by atoms with Crippen LogP contribution in [-0.2, 0) is 9.59 Å². The lowest BCUT2D eigenvalue weighted by Gasteiger charge is -2.28. The molecule has 29 heavy (non-hydrogen) atoms. The van der Waals surface area contributed by atoms with Gasteiger partial charge in [0.2, 0.25) is 11.8 Å². The number of methoxy groups -OCH3 is 1. The van der Waals surface area contributed by atoms with Gasteiger partial charge in [-0.25, -0.2) is 4.98 Å². The summed E-state index contributed by atoms with van der Waals surface area (Å²) in [5.74, 6) is 1.42. The minimum absolute atomic E-state index is 0.000385. The van der Waals surface area contributed by atoms with Crippen molar-refractivity contribution in [2.24, 2.45) is 5.92 Å². The first-order valence-corrected chi connectivity index (χ1v) is 9.71. The van der Waals surface area contributed by atoms with Crippen LogP contribution in [0, 0.1) is 5.92 Å². The third-order valence-corrected chi connectivity index (χ3v) is 4.65. The topological polar surface area (TPSA) is 120 Å². The van der Waals surface area contributed by atoms with Gasteiger partial charge in [-0.3, -0.25) is 14.7 Å². The van der Waals surface area contributed by atoms with Crippen molar-refractivity contribution in [2.75, 3.05) is 32.1 Å². The summed E-state index contributed by atoms with van der Waals surface area (Å²) in [7, 11) is 1.58. The second-order valence-electron chi connectivity index (χ2n) is 7.08. The number of hydrogen-bond acceptors (Lipinski definition) is 6. The van der Waals surface area contributed by atoms with E-state index in [1.807, 2.05) is 12.1 Å². The average molecular weight is 403 g/mol. The van der Waals surface area contributed by atoms with Crippen molar-refractivity contribution in [3.63, 3.8) is 0 Å². The minimum Gasteiger partial charge on any atom is -0.483 e. The van der Waals surface area contributed by atoms with Gasteiger partial charge in [-0.1, -0.05) is 13.3 Å². The Labute approximate surface area is 170 Å². The van der Waals surface area contributed by atoms with Crippen LogP contribution in [0.2, 0.25) is 0 Å². The molecule has 0 bridgehead atoms. The maximum atomic E-state index is 12.3. The van der Waals surface area contributed by atoms with Crippen LogP contribution in [-0.4, -0.2) is 64.3 Å². The van der Waals surface area contributed by atoms with E-state index in [1.54, 1.807) is 19.4 Å². The monoisotopic (exact) mass is 403 g/mol. The molecule has 3 N–H and O–H groups in total. The highest BCUT2D eigenvalue weighted by Gasteiger charge is 2.16. The second kappa shape index (κ2) is 11.8. The van der Waals surface area contributed by atoms with Gasteiger partial charge >= 0.3 is 0 Å². The molecule has 0 radical (unpaired) electrons. The minimum atomic E-state index is -0.250. The molecule has 1 aliphatic rings. The van der Waals surface area contributed by atoms with Crippen LogP contribution < -0.4 is 10.1 Å². The highest BCUT2D eigenvalue weighted by Crippen LogP contribution is 2.21.